The van der Waals surface area contributed by atoms with E-state index >= 15 is 0 Å². The molecule has 6 heavy (non-hydrogen) atoms. The van der Waals surface area contributed by atoms with Gasteiger partial charge in [0.1, 0.15) is 0 Å². The Morgan fingerprint density at radius 3 is 0.833 bits per heavy atom. The van der Waals surface area contributed by atoms with Crippen LogP contribution in [0.1, 0.15) is 0 Å². The van der Waals surface area contributed by atoms with Crippen LogP contribution in [0.3, 0.4) is 0 Å². The molecule has 0 amide bonds. The summed E-state index contributed by atoms with van der Waals surface area (Å²) in [6, 6.07) is 0. The third kappa shape index (κ3) is 86.8. The summed E-state index contributed by atoms with van der Waals surface area (Å²) in [6.07, 6.45) is 0. The van der Waals surface area contributed by atoms with E-state index < -0.39 is 9.05 Å². The number of hydrogen-bond donors (Lipinski definition) is 0. The molecule has 3 radical (unpaired) electrons. The monoisotopic (exact) mass is 301 g/mol. The second kappa shape index (κ2) is 3.01. The molecular formula is BiO4Si-4. The molecule has 0 aliphatic heterocycles. The van der Waals surface area contributed by atoms with Crippen LogP contribution < -0.4 is 19.2 Å². The van der Waals surface area contributed by atoms with Crippen LogP contribution in [-0.2, 0) is 0 Å². The second-order valence-electron chi connectivity index (χ2n) is 0.500. The maximum absolute atomic E-state index is 8.58. The summed E-state index contributed by atoms with van der Waals surface area (Å²) >= 11 is 0. The molecule has 0 saturated carbocycles. The number of hydrogen-bond acceptors (Lipinski definition) is 4. The fourth-order valence-corrected chi connectivity index (χ4v) is 0. The van der Waals surface area contributed by atoms with Gasteiger partial charge in [-0.2, -0.15) is 0 Å². The minimum atomic E-state index is -5.61. The summed E-state index contributed by atoms with van der Waals surface area (Å²) < 4.78 is 0. The Labute approximate surface area is 54.7 Å². The molecule has 0 aromatic heterocycles. The molecule has 37 valence electrons. The van der Waals surface area contributed by atoms with Crippen LogP contribution in [0.4, 0.5) is 0 Å². The molecule has 4 nitrogen and oxygen atoms in total. The molecule has 6 heteroatoms. The number of rotatable bonds is 0. The van der Waals surface area contributed by atoms with Gasteiger partial charge in [-0.1, -0.05) is 0 Å². The van der Waals surface area contributed by atoms with Crippen LogP contribution >= 0.6 is 0 Å². The molecule has 0 atom stereocenters. The average Bonchev–Trinajstić information content (AvgIpc) is 0.722. The van der Waals surface area contributed by atoms with Crippen LogP contribution in [0.2, 0.25) is 0 Å². The Balaban J connectivity index is 0. The van der Waals surface area contributed by atoms with Gasteiger partial charge in [0.05, 0.1) is 0 Å². The normalized spacial score (nSPS) is 10.0. The van der Waals surface area contributed by atoms with Crippen molar-refractivity contribution in [3.8, 4) is 0 Å². The molecule has 0 aliphatic carbocycles. The minimum absolute atomic E-state index is 0. The minimum Gasteiger partial charge on any atom is -0.894 e. The van der Waals surface area contributed by atoms with E-state index in [2.05, 4.69) is 0 Å². The van der Waals surface area contributed by atoms with Crippen molar-refractivity contribution in [2.45, 2.75) is 0 Å². The van der Waals surface area contributed by atoms with Crippen molar-refractivity contribution in [1.29, 1.82) is 0 Å². The Morgan fingerprint density at radius 1 is 0.833 bits per heavy atom. The molecular weight excluding hydrogens is 301 g/mol. The van der Waals surface area contributed by atoms with Crippen LogP contribution in [0.15, 0.2) is 0 Å². The summed E-state index contributed by atoms with van der Waals surface area (Å²) in [5, 5.41) is 0. The third-order valence-electron chi connectivity index (χ3n) is 0. The Morgan fingerprint density at radius 2 is 0.833 bits per heavy atom. The molecule has 0 heterocycles. The Bertz CT molecular complexity index is 23.0. The predicted octanol–water partition coefficient (Wildman–Crippen LogP) is -5.52. The van der Waals surface area contributed by atoms with Gasteiger partial charge < -0.3 is 28.2 Å². The zero-order chi connectivity index (χ0) is 4.50. The predicted molar refractivity (Wildman–Crippen MR) is 11.5 cm³/mol. The zero-order valence-electron chi connectivity index (χ0n) is 2.58. The maximum Gasteiger partial charge on any atom is 0 e. The molecule has 0 N–H and O–H groups in total. The molecule has 0 saturated heterocycles. The summed E-state index contributed by atoms with van der Waals surface area (Å²) in [5.74, 6) is 0. The molecule has 0 spiro atoms. The van der Waals surface area contributed by atoms with Gasteiger partial charge in [0.25, 0.3) is 0 Å². The SMILES string of the molecule is [Bi].[O-][Si]([O-])([O-])[O-]. The van der Waals surface area contributed by atoms with Gasteiger partial charge in [0, 0.05) is 26.2 Å². The largest absolute Gasteiger partial charge is 0.894 e. The van der Waals surface area contributed by atoms with E-state index in [1.807, 2.05) is 0 Å². The smallest absolute Gasteiger partial charge is 0 e. The third-order valence-corrected chi connectivity index (χ3v) is 0. The molecule has 0 unspecified atom stereocenters. The van der Waals surface area contributed by atoms with Crippen molar-refractivity contribution in [3.05, 3.63) is 0 Å². The summed E-state index contributed by atoms with van der Waals surface area (Å²) in [7, 11) is -5.61. The van der Waals surface area contributed by atoms with Crippen molar-refractivity contribution in [1.82, 2.24) is 0 Å². The van der Waals surface area contributed by atoms with Gasteiger partial charge in [0.2, 0.25) is 0 Å². The van der Waals surface area contributed by atoms with Crippen LogP contribution in [0.25, 0.3) is 0 Å². The first-order chi connectivity index (χ1) is 2.00. The van der Waals surface area contributed by atoms with Gasteiger partial charge >= 0.3 is 0 Å². The van der Waals surface area contributed by atoms with Gasteiger partial charge in [0.15, 0.2) is 0 Å². The van der Waals surface area contributed by atoms with Crippen molar-refractivity contribution < 1.29 is 19.2 Å². The van der Waals surface area contributed by atoms with E-state index in [1.54, 1.807) is 0 Å². The zero-order valence-corrected chi connectivity index (χ0v) is 7.06. The van der Waals surface area contributed by atoms with Crippen molar-refractivity contribution in [2.24, 2.45) is 0 Å². The maximum atomic E-state index is 8.58. The van der Waals surface area contributed by atoms with Gasteiger partial charge in [-0.15, -0.1) is 0 Å². The van der Waals surface area contributed by atoms with E-state index in [-0.39, 0.29) is 26.2 Å². The summed E-state index contributed by atoms with van der Waals surface area (Å²) in [5.41, 5.74) is 0. The molecule has 0 fully saturated rings. The molecule has 0 rings (SSSR count). The van der Waals surface area contributed by atoms with Crippen LogP contribution in [0, 0.1) is 0 Å². The standard InChI is InChI=1S/Bi.O4Si/c;1-5(2,3)4/q;-4. The van der Waals surface area contributed by atoms with Crippen molar-refractivity contribution in [3.63, 3.8) is 0 Å². The van der Waals surface area contributed by atoms with Gasteiger partial charge in [-0.3, -0.25) is 0 Å². The van der Waals surface area contributed by atoms with Crippen LogP contribution in [-0.4, -0.2) is 35.3 Å². The first-order valence-corrected chi connectivity index (χ1v) is 2.45. The molecule has 0 bridgehead atoms. The van der Waals surface area contributed by atoms with Gasteiger partial charge in [-0.05, 0) is 0 Å². The van der Waals surface area contributed by atoms with Crippen LogP contribution in [0.5, 0.6) is 0 Å². The van der Waals surface area contributed by atoms with E-state index in [9.17, 15) is 0 Å². The first-order valence-electron chi connectivity index (χ1n) is 0.816. The van der Waals surface area contributed by atoms with E-state index in [0.717, 1.165) is 0 Å². The molecule has 0 aromatic rings. The fourth-order valence-electron chi connectivity index (χ4n) is 0. The summed E-state index contributed by atoms with van der Waals surface area (Å²) in [6.45, 7) is 0. The van der Waals surface area contributed by atoms with E-state index in [0.29, 0.717) is 0 Å². The summed E-state index contributed by atoms with van der Waals surface area (Å²) in [4.78, 5) is 34.3. The Hall–Kier alpha value is 0.940. The first kappa shape index (κ1) is 10.0. The quantitative estimate of drug-likeness (QED) is 0.417. The van der Waals surface area contributed by atoms with Crippen molar-refractivity contribution in [2.75, 3.05) is 0 Å². The topological polar surface area (TPSA) is 92.2 Å². The fraction of sp³-hybridized carbons (Fsp3) is 0. The Kier molecular flexibility index (Phi) is 5.03. The molecule has 0 aromatic carbocycles. The average molecular weight is 301 g/mol. The van der Waals surface area contributed by atoms with Gasteiger partial charge in [-0.25, -0.2) is 0 Å². The van der Waals surface area contributed by atoms with E-state index in [4.69, 9.17) is 19.2 Å². The second-order valence-corrected chi connectivity index (χ2v) is 1.50. The molecule has 0 aliphatic rings. The van der Waals surface area contributed by atoms with E-state index in [1.165, 1.54) is 0 Å². The van der Waals surface area contributed by atoms with Crippen molar-refractivity contribution >= 4 is 35.3 Å².